The fourth-order valence-corrected chi connectivity index (χ4v) is 4.98. The van der Waals surface area contributed by atoms with Crippen molar-refractivity contribution >= 4 is 21.5 Å². The Morgan fingerprint density at radius 3 is 1.29 bits per heavy atom. The highest BCUT2D eigenvalue weighted by atomic mass is 16.3. The Hall–Kier alpha value is -4.56. The smallest absolute Gasteiger partial charge is 0.120 e. The van der Waals surface area contributed by atoms with Crippen LogP contribution < -0.4 is 0 Å². The summed E-state index contributed by atoms with van der Waals surface area (Å²) in [4.78, 5) is 0. The van der Waals surface area contributed by atoms with Gasteiger partial charge in [0, 0.05) is 17.0 Å². The van der Waals surface area contributed by atoms with Crippen LogP contribution >= 0.6 is 0 Å². The minimum absolute atomic E-state index is 0.216. The third kappa shape index (κ3) is 3.89. The maximum atomic E-state index is 11.2. The molecule has 2 N–H and O–H groups in total. The Morgan fingerprint density at radius 2 is 0.800 bits per heavy atom. The Labute approximate surface area is 204 Å². The molecule has 0 atom stereocenters. The highest BCUT2D eigenvalue weighted by Gasteiger charge is 2.24. The van der Waals surface area contributed by atoms with Crippen molar-refractivity contribution in [1.82, 2.24) is 0 Å². The lowest BCUT2D eigenvalue weighted by Gasteiger charge is -2.22. The van der Waals surface area contributed by atoms with E-state index in [4.69, 9.17) is 0 Å². The predicted octanol–water partition coefficient (Wildman–Crippen LogP) is 8.25. The lowest BCUT2D eigenvalue weighted by atomic mass is 9.82. The second kappa shape index (κ2) is 8.66. The molecule has 0 saturated carbocycles. The van der Waals surface area contributed by atoms with Crippen molar-refractivity contribution in [1.29, 1.82) is 0 Å². The van der Waals surface area contributed by atoms with E-state index in [2.05, 4.69) is 36.4 Å². The SMILES string of the molecule is Oc1cc2ccccc2cc1C(c1ccc(-c2ccccc2)cc1)c1cc2ccccc2cc1O. The van der Waals surface area contributed by atoms with Gasteiger partial charge in [0.2, 0.25) is 0 Å². The summed E-state index contributed by atoms with van der Waals surface area (Å²) in [6.45, 7) is 0. The van der Waals surface area contributed by atoms with Crippen molar-refractivity contribution in [2.45, 2.75) is 5.92 Å². The zero-order valence-corrected chi connectivity index (χ0v) is 19.1. The second-order valence-corrected chi connectivity index (χ2v) is 8.94. The molecule has 0 saturated heterocycles. The molecule has 0 bridgehead atoms. The van der Waals surface area contributed by atoms with Gasteiger partial charge in [-0.1, -0.05) is 103 Å². The Kier molecular flexibility index (Phi) is 5.20. The number of rotatable bonds is 4. The first-order valence-corrected chi connectivity index (χ1v) is 11.8. The molecule has 0 aliphatic heterocycles. The number of hydrogen-bond acceptors (Lipinski definition) is 2. The van der Waals surface area contributed by atoms with Crippen molar-refractivity contribution in [3.8, 4) is 22.6 Å². The summed E-state index contributed by atoms with van der Waals surface area (Å²) < 4.78 is 0. The van der Waals surface area contributed by atoms with E-state index in [1.807, 2.05) is 91.0 Å². The Bertz CT molecular complexity index is 1570. The van der Waals surface area contributed by atoms with Crippen LogP contribution in [0.15, 0.2) is 127 Å². The minimum atomic E-state index is -0.339. The molecule has 0 spiro atoms. The van der Waals surface area contributed by atoms with Gasteiger partial charge < -0.3 is 10.2 Å². The van der Waals surface area contributed by atoms with Gasteiger partial charge >= 0.3 is 0 Å². The molecule has 0 fully saturated rings. The van der Waals surface area contributed by atoms with Crippen LogP contribution in [-0.2, 0) is 0 Å². The zero-order valence-electron chi connectivity index (χ0n) is 19.1. The van der Waals surface area contributed by atoms with Gasteiger partial charge in [-0.2, -0.15) is 0 Å². The highest BCUT2D eigenvalue weighted by Crippen LogP contribution is 2.43. The molecular weight excluding hydrogens is 428 g/mol. The van der Waals surface area contributed by atoms with E-state index in [1.54, 1.807) is 0 Å². The summed E-state index contributed by atoms with van der Waals surface area (Å²) in [6, 6.07) is 42.4. The van der Waals surface area contributed by atoms with Gasteiger partial charge in [0.1, 0.15) is 11.5 Å². The van der Waals surface area contributed by atoms with Gasteiger partial charge in [-0.25, -0.2) is 0 Å². The van der Waals surface area contributed by atoms with E-state index in [0.29, 0.717) is 0 Å². The molecule has 0 aromatic heterocycles. The first-order valence-electron chi connectivity index (χ1n) is 11.8. The van der Waals surface area contributed by atoms with Crippen LogP contribution in [-0.4, -0.2) is 10.2 Å². The summed E-state index contributed by atoms with van der Waals surface area (Å²) in [5.74, 6) is 0.0934. The average molecular weight is 453 g/mol. The van der Waals surface area contributed by atoms with E-state index in [-0.39, 0.29) is 17.4 Å². The number of aromatic hydroxyl groups is 2. The number of phenols is 2. The third-order valence-corrected chi connectivity index (χ3v) is 6.76. The van der Waals surface area contributed by atoms with E-state index >= 15 is 0 Å². The largest absolute Gasteiger partial charge is 0.508 e. The van der Waals surface area contributed by atoms with E-state index < -0.39 is 0 Å². The van der Waals surface area contributed by atoms with Gasteiger partial charge in [0.05, 0.1) is 0 Å². The monoisotopic (exact) mass is 452 g/mol. The molecule has 0 radical (unpaired) electrons. The molecule has 0 heterocycles. The highest BCUT2D eigenvalue weighted by molar-refractivity contribution is 5.87. The molecule has 0 aliphatic rings. The van der Waals surface area contributed by atoms with Crippen molar-refractivity contribution in [2.24, 2.45) is 0 Å². The van der Waals surface area contributed by atoms with Crippen LogP contribution in [0.5, 0.6) is 11.5 Å². The molecular formula is C33H24O2. The quantitative estimate of drug-likeness (QED) is 0.264. The lowest BCUT2D eigenvalue weighted by molar-refractivity contribution is 0.460. The van der Waals surface area contributed by atoms with Crippen LogP contribution in [0, 0.1) is 0 Å². The second-order valence-electron chi connectivity index (χ2n) is 8.94. The molecule has 2 heteroatoms. The fourth-order valence-electron chi connectivity index (χ4n) is 4.98. The van der Waals surface area contributed by atoms with Gasteiger partial charge in [-0.3, -0.25) is 0 Å². The lowest BCUT2D eigenvalue weighted by Crippen LogP contribution is -2.05. The van der Waals surface area contributed by atoms with E-state index in [1.165, 1.54) is 0 Å². The van der Waals surface area contributed by atoms with E-state index in [0.717, 1.165) is 49.4 Å². The van der Waals surface area contributed by atoms with Crippen LogP contribution in [0.2, 0.25) is 0 Å². The van der Waals surface area contributed by atoms with E-state index in [9.17, 15) is 10.2 Å². The van der Waals surface area contributed by atoms with Crippen LogP contribution in [0.4, 0.5) is 0 Å². The van der Waals surface area contributed by atoms with Crippen molar-refractivity contribution in [3.05, 3.63) is 144 Å². The molecule has 6 rings (SSSR count). The topological polar surface area (TPSA) is 40.5 Å². The predicted molar refractivity (Wildman–Crippen MR) is 144 cm³/mol. The molecule has 0 unspecified atom stereocenters. The number of hydrogen-bond donors (Lipinski definition) is 2. The van der Waals surface area contributed by atoms with Gasteiger partial charge in [-0.05, 0) is 62.5 Å². The molecule has 35 heavy (non-hydrogen) atoms. The first-order chi connectivity index (χ1) is 17.2. The fraction of sp³-hybridized carbons (Fsp3) is 0.0303. The number of benzene rings is 6. The Morgan fingerprint density at radius 1 is 0.400 bits per heavy atom. The normalized spacial score (nSPS) is 11.3. The molecule has 0 amide bonds. The van der Waals surface area contributed by atoms with Crippen molar-refractivity contribution < 1.29 is 10.2 Å². The van der Waals surface area contributed by atoms with Crippen LogP contribution in [0.25, 0.3) is 32.7 Å². The van der Waals surface area contributed by atoms with Crippen LogP contribution in [0.1, 0.15) is 22.6 Å². The number of fused-ring (bicyclic) bond motifs is 2. The Balaban J connectivity index is 1.56. The summed E-state index contributed by atoms with van der Waals surface area (Å²) in [7, 11) is 0. The summed E-state index contributed by atoms with van der Waals surface area (Å²) in [5, 5.41) is 26.4. The van der Waals surface area contributed by atoms with Crippen molar-refractivity contribution in [3.63, 3.8) is 0 Å². The molecule has 6 aromatic carbocycles. The molecule has 0 aliphatic carbocycles. The molecule has 6 aromatic rings. The summed E-state index contributed by atoms with van der Waals surface area (Å²) in [6.07, 6.45) is 0. The third-order valence-electron chi connectivity index (χ3n) is 6.76. The van der Waals surface area contributed by atoms with Gasteiger partial charge in [0.25, 0.3) is 0 Å². The van der Waals surface area contributed by atoms with Gasteiger partial charge in [0.15, 0.2) is 0 Å². The standard InChI is InChI=1S/C33H24O2/c34-31-20-27-12-6-4-10-25(27)18-29(31)33(30-19-26-11-5-7-13-28(26)21-32(30)35)24-16-14-23(15-17-24)22-8-2-1-3-9-22/h1-21,33-35H. The van der Waals surface area contributed by atoms with Crippen LogP contribution in [0.3, 0.4) is 0 Å². The molecule has 168 valence electrons. The van der Waals surface area contributed by atoms with Gasteiger partial charge in [-0.15, -0.1) is 0 Å². The summed E-state index contributed by atoms with van der Waals surface area (Å²) >= 11 is 0. The average Bonchev–Trinajstić information content (AvgIpc) is 2.90. The zero-order chi connectivity index (χ0) is 23.8. The minimum Gasteiger partial charge on any atom is -0.508 e. The maximum Gasteiger partial charge on any atom is 0.120 e. The first kappa shape index (κ1) is 21.0. The molecule has 2 nitrogen and oxygen atoms in total. The maximum absolute atomic E-state index is 11.2. The van der Waals surface area contributed by atoms with Crippen molar-refractivity contribution in [2.75, 3.05) is 0 Å². The summed E-state index contributed by atoms with van der Waals surface area (Å²) in [5.41, 5.74) is 4.81. The number of phenolic OH excluding ortho intramolecular Hbond substituents is 2.